The number of nitrogens with two attached hydrogens (primary N) is 1. The first-order valence-electron chi connectivity index (χ1n) is 6.51. The van der Waals surface area contributed by atoms with Crippen LogP contribution in [0.25, 0.3) is 0 Å². The van der Waals surface area contributed by atoms with Crippen LogP contribution >= 0.6 is 0 Å². The second-order valence-electron chi connectivity index (χ2n) is 4.99. The minimum atomic E-state index is -4.38. The molecular weight excluding hydrogens is 289 g/mol. The Kier molecular flexibility index (Phi) is 5.99. The van der Waals surface area contributed by atoms with E-state index in [1.165, 1.54) is 4.68 Å². The lowest BCUT2D eigenvalue weighted by molar-refractivity contribution is -0.149. The Morgan fingerprint density at radius 1 is 1.38 bits per heavy atom. The van der Waals surface area contributed by atoms with Crippen molar-refractivity contribution in [3.63, 3.8) is 0 Å². The average Bonchev–Trinajstić information content (AvgIpc) is 2.55. The molecule has 0 saturated carbocycles. The van der Waals surface area contributed by atoms with Crippen LogP contribution in [0, 0.1) is 13.8 Å². The van der Waals surface area contributed by atoms with Crippen molar-refractivity contribution in [2.75, 3.05) is 32.0 Å². The highest BCUT2D eigenvalue weighted by molar-refractivity contribution is 5.46. The predicted octanol–water partition coefficient (Wildman–Crippen LogP) is 0.300. The van der Waals surface area contributed by atoms with Gasteiger partial charge in [0.25, 0.3) is 0 Å². The molecule has 6 nitrogen and oxygen atoms in total. The van der Waals surface area contributed by atoms with E-state index in [2.05, 4.69) is 5.10 Å². The number of alkyl halides is 3. The third kappa shape index (κ3) is 5.52. The highest BCUT2D eigenvalue weighted by Crippen LogP contribution is 2.18. The van der Waals surface area contributed by atoms with Crippen LogP contribution in [0.5, 0.6) is 0 Å². The van der Waals surface area contributed by atoms with Crippen molar-refractivity contribution in [2.45, 2.75) is 32.7 Å². The van der Waals surface area contributed by atoms with Crippen molar-refractivity contribution in [2.24, 2.45) is 0 Å². The SMILES string of the molecule is Cc1nn(CC(O)CN(CCO)CC(F)(F)F)c(C)c1N. The minimum absolute atomic E-state index is 0.0453. The molecule has 122 valence electrons. The van der Waals surface area contributed by atoms with Gasteiger partial charge in [0.2, 0.25) is 0 Å². The zero-order valence-corrected chi connectivity index (χ0v) is 12.1. The molecule has 0 bridgehead atoms. The number of aromatic nitrogens is 2. The van der Waals surface area contributed by atoms with Gasteiger partial charge in [-0.2, -0.15) is 18.3 Å². The molecule has 1 aromatic rings. The maximum absolute atomic E-state index is 12.4. The van der Waals surface area contributed by atoms with Crippen LogP contribution in [0.1, 0.15) is 11.4 Å². The zero-order valence-electron chi connectivity index (χ0n) is 12.1. The molecule has 0 aliphatic heterocycles. The van der Waals surface area contributed by atoms with E-state index in [0.717, 1.165) is 4.90 Å². The maximum atomic E-state index is 12.4. The third-order valence-corrected chi connectivity index (χ3v) is 3.11. The van der Waals surface area contributed by atoms with E-state index in [0.29, 0.717) is 17.1 Å². The van der Waals surface area contributed by atoms with Crippen molar-refractivity contribution in [1.82, 2.24) is 14.7 Å². The number of nitrogen functional groups attached to an aromatic ring is 1. The van der Waals surface area contributed by atoms with E-state index >= 15 is 0 Å². The van der Waals surface area contributed by atoms with Crippen molar-refractivity contribution >= 4 is 5.69 Å². The van der Waals surface area contributed by atoms with E-state index < -0.39 is 25.4 Å². The lowest BCUT2D eigenvalue weighted by Gasteiger charge is -2.25. The van der Waals surface area contributed by atoms with Crippen molar-refractivity contribution < 1.29 is 23.4 Å². The number of anilines is 1. The Morgan fingerprint density at radius 2 is 2.00 bits per heavy atom. The molecule has 0 radical (unpaired) electrons. The van der Waals surface area contributed by atoms with Gasteiger partial charge < -0.3 is 15.9 Å². The summed E-state index contributed by atoms with van der Waals surface area (Å²) >= 11 is 0. The summed E-state index contributed by atoms with van der Waals surface area (Å²) in [5.41, 5.74) is 7.53. The summed E-state index contributed by atoms with van der Waals surface area (Å²) < 4.78 is 38.6. The van der Waals surface area contributed by atoms with Crippen LogP contribution in [0.15, 0.2) is 0 Å². The van der Waals surface area contributed by atoms with Gasteiger partial charge in [-0.3, -0.25) is 9.58 Å². The number of nitrogens with zero attached hydrogens (tertiary/aromatic N) is 3. The highest BCUT2D eigenvalue weighted by atomic mass is 19.4. The second-order valence-corrected chi connectivity index (χ2v) is 4.99. The van der Waals surface area contributed by atoms with E-state index in [1.807, 2.05) is 0 Å². The summed E-state index contributed by atoms with van der Waals surface area (Å²) in [5, 5.41) is 22.8. The topological polar surface area (TPSA) is 87.5 Å². The molecule has 1 heterocycles. The summed E-state index contributed by atoms with van der Waals surface area (Å²) in [5.74, 6) is 0. The fourth-order valence-corrected chi connectivity index (χ4v) is 2.07. The van der Waals surface area contributed by atoms with Gasteiger partial charge in [-0.25, -0.2) is 0 Å². The number of aliphatic hydroxyl groups excluding tert-OH is 2. The number of aliphatic hydroxyl groups is 2. The Bertz CT molecular complexity index is 462. The van der Waals surface area contributed by atoms with E-state index in [-0.39, 0.29) is 19.6 Å². The minimum Gasteiger partial charge on any atom is -0.396 e. The largest absolute Gasteiger partial charge is 0.401 e. The summed E-state index contributed by atoms with van der Waals surface area (Å²) in [6.45, 7) is 1.54. The molecule has 0 aromatic carbocycles. The fraction of sp³-hybridized carbons (Fsp3) is 0.750. The highest BCUT2D eigenvalue weighted by Gasteiger charge is 2.31. The summed E-state index contributed by atoms with van der Waals surface area (Å²) in [6.07, 6.45) is -5.42. The van der Waals surface area contributed by atoms with Gasteiger partial charge in [0.05, 0.1) is 42.9 Å². The van der Waals surface area contributed by atoms with Crippen LogP contribution in [-0.2, 0) is 6.54 Å². The van der Waals surface area contributed by atoms with E-state index in [1.54, 1.807) is 13.8 Å². The number of halogens is 3. The van der Waals surface area contributed by atoms with Gasteiger partial charge in [-0.05, 0) is 13.8 Å². The summed E-state index contributed by atoms with van der Waals surface area (Å²) in [6, 6.07) is 0. The molecule has 0 saturated heterocycles. The molecule has 1 atom stereocenters. The summed E-state index contributed by atoms with van der Waals surface area (Å²) in [4.78, 5) is 0.958. The lowest BCUT2D eigenvalue weighted by atomic mass is 10.3. The van der Waals surface area contributed by atoms with Gasteiger partial charge in [-0.15, -0.1) is 0 Å². The van der Waals surface area contributed by atoms with Crippen LogP contribution in [0.3, 0.4) is 0 Å². The van der Waals surface area contributed by atoms with Crippen molar-refractivity contribution in [3.05, 3.63) is 11.4 Å². The fourth-order valence-electron chi connectivity index (χ4n) is 2.07. The lowest BCUT2D eigenvalue weighted by Crippen LogP contribution is -2.42. The first kappa shape index (κ1) is 17.7. The first-order valence-corrected chi connectivity index (χ1v) is 6.51. The van der Waals surface area contributed by atoms with E-state index in [4.69, 9.17) is 10.8 Å². The molecule has 0 amide bonds. The molecule has 9 heteroatoms. The van der Waals surface area contributed by atoms with Gasteiger partial charge in [0.15, 0.2) is 0 Å². The second kappa shape index (κ2) is 7.10. The van der Waals surface area contributed by atoms with Crippen LogP contribution < -0.4 is 5.73 Å². The van der Waals surface area contributed by atoms with Crippen LogP contribution in [-0.4, -0.2) is 63.4 Å². The summed E-state index contributed by atoms with van der Waals surface area (Å²) in [7, 11) is 0. The van der Waals surface area contributed by atoms with Gasteiger partial charge in [-0.1, -0.05) is 0 Å². The van der Waals surface area contributed by atoms with Crippen LogP contribution in [0.4, 0.5) is 18.9 Å². The number of hydrogen-bond donors (Lipinski definition) is 3. The van der Waals surface area contributed by atoms with Crippen molar-refractivity contribution in [1.29, 1.82) is 0 Å². The molecule has 0 spiro atoms. The molecule has 1 unspecified atom stereocenters. The van der Waals surface area contributed by atoms with E-state index in [9.17, 15) is 18.3 Å². The maximum Gasteiger partial charge on any atom is 0.401 e. The molecule has 1 rings (SSSR count). The standard InChI is InChI=1S/C12H21F3N4O2/c1-8-11(16)9(2)19(17-8)6-10(21)5-18(3-4-20)7-12(13,14)15/h10,20-21H,3-7,16H2,1-2H3. The molecule has 4 N–H and O–H groups in total. The zero-order chi connectivity index (χ0) is 16.2. The van der Waals surface area contributed by atoms with Gasteiger partial charge in [0.1, 0.15) is 0 Å². The Labute approximate surface area is 121 Å². The number of aryl methyl sites for hydroxylation is 1. The first-order chi connectivity index (χ1) is 9.64. The molecule has 0 fully saturated rings. The number of hydrogen-bond acceptors (Lipinski definition) is 5. The molecule has 21 heavy (non-hydrogen) atoms. The quantitative estimate of drug-likeness (QED) is 0.674. The number of rotatable bonds is 7. The Morgan fingerprint density at radius 3 is 2.43 bits per heavy atom. The van der Waals surface area contributed by atoms with Crippen LogP contribution in [0.2, 0.25) is 0 Å². The predicted molar refractivity (Wildman–Crippen MR) is 71.7 cm³/mol. The molecule has 1 aromatic heterocycles. The smallest absolute Gasteiger partial charge is 0.396 e. The molecular formula is C12H21F3N4O2. The monoisotopic (exact) mass is 310 g/mol. The molecule has 0 aliphatic carbocycles. The van der Waals surface area contributed by atoms with Gasteiger partial charge in [0, 0.05) is 13.1 Å². The van der Waals surface area contributed by atoms with Gasteiger partial charge >= 0.3 is 6.18 Å². The normalized spacial score (nSPS) is 13.9. The third-order valence-electron chi connectivity index (χ3n) is 3.11. The Balaban J connectivity index is 2.64. The Hall–Kier alpha value is -1.32. The molecule has 0 aliphatic rings. The van der Waals surface area contributed by atoms with Crippen molar-refractivity contribution in [3.8, 4) is 0 Å². The average molecular weight is 310 g/mol.